The molecule has 9 atom stereocenters. The third-order valence-electron chi connectivity index (χ3n) is 12.3. The predicted octanol–water partition coefficient (Wildman–Crippen LogP) is 9.67. The van der Waals surface area contributed by atoms with Gasteiger partial charge in [0.2, 0.25) is 0 Å². The first-order valence-corrected chi connectivity index (χ1v) is 30.3. The van der Waals surface area contributed by atoms with Gasteiger partial charge in [-0.25, -0.2) is 13.9 Å². The minimum absolute atomic E-state index is 0.0531. The lowest BCUT2D eigenvalue weighted by molar-refractivity contribution is -0.161. The Morgan fingerprint density at radius 1 is 0.693 bits per heavy atom. The lowest BCUT2D eigenvalue weighted by Gasteiger charge is -2.21. The Morgan fingerprint density at radius 2 is 1.21 bits per heavy atom. The van der Waals surface area contributed by atoms with Crippen LogP contribution in [0.5, 0.6) is 0 Å². The van der Waals surface area contributed by atoms with E-state index in [-0.39, 0.29) is 18.7 Å². The minimum Gasteiger partial charge on any atom is -0.462 e. The van der Waals surface area contributed by atoms with E-state index < -0.39 is 95.9 Å². The number of phosphoric acid groups is 2. The summed E-state index contributed by atoms with van der Waals surface area (Å²) in [6, 6.07) is 1.24. The number of nitrogen functional groups attached to an aromatic ring is 1. The van der Waals surface area contributed by atoms with Crippen LogP contribution in [0, 0.1) is 0 Å². The number of esters is 2. The van der Waals surface area contributed by atoms with E-state index in [2.05, 4.69) is 59.6 Å². The van der Waals surface area contributed by atoms with Crippen molar-refractivity contribution in [3.63, 3.8) is 0 Å². The molecule has 1 aromatic heterocycles. The molecule has 1 saturated heterocycles. The van der Waals surface area contributed by atoms with Crippen LogP contribution in [0.2, 0.25) is 0 Å². The molecule has 2 rings (SSSR count). The number of nitrogens with zero attached hydrogens (tertiary/aromatic N) is 2. The number of hydrogen-bond acceptors (Lipinski definition) is 17. The molecule has 0 spiro atoms. The summed E-state index contributed by atoms with van der Waals surface area (Å²) in [5.74, 6) is -1.43. The average Bonchev–Trinajstić information content (AvgIpc) is 3.64. The Balaban J connectivity index is 1.81. The van der Waals surface area contributed by atoms with Crippen molar-refractivity contribution in [3.8, 4) is 0 Å². The maximum atomic E-state index is 12.9. The molecule has 0 amide bonds. The normalized spacial score (nSPS) is 20.0. The van der Waals surface area contributed by atoms with E-state index in [0.29, 0.717) is 38.5 Å². The number of phosphoric ester groups is 2. The molecule has 1 aliphatic heterocycles. The molecule has 0 aliphatic carbocycles. The Morgan fingerprint density at radius 3 is 1.84 bits per heavy atom. The van der Waals surface area contributed by atoms with Gasteiger partial charge in [0.15, 0.2) is 12.3 Å². The molecule has 1 aliphatic rings. The van der Waals surface area contributed by atoms with Gasteiger partial charge in [0.05, 0.1) is 25.4 Å². The molecule has 0 radical (unpaired) electrons. The monoisotopic (exact) mass is 1100 g/mol. The summed E-state index contributed by atoms with van der Waals surface area (Å²) in [7, 11) is -10.9. The van der Waals surface area contributed by atoms with Crippen LogP contribution in [0.3, 0.4) is 0 Å². The highest BCUT2D eigenvalue weighted by Crippen LogP contribution is 2.60. The molecule has 8 N–H and O–H groups in total. The van der Waals surface area contributed by atoms with Gasteiger partial charge in [-0.05, 0) is 83.1 Å². The van der Waals surface area contributed by atoms with Crippen molar-refractivity contribution in [1.29, 1.82) is 0 Å². The summed E-state index contributed by atoms with van der Waals surface area (Å²) >= 11 is 0. The van der Waals surface area contributed by atoms with Crippen molar-refractivity contribution >= 4 is 33.4 Å². The fraction of sp³-hybridized carbons (Fsp3) is 0.736. The standard InChI is InChI=1S/C53H91N3O17P2/c1-3-5-7-9-11-12-13-14-15-16-17-18-19-20-21-22-23-24-28-32-36-48(59)68-40-43(71-49(60)37-33-29-25-27-31-35-45(58)44(57)34-30-26-10-8-6-4-2)41-69-74(64,65)73-75(66,67)70-42-46-50(61)51(62)52(72-46)56-39-38-47(54)55-53(56)63/h12-13,15-16,18-19,26,30,38-39,43-46,50-52,57-58,61-62H,3-11,14,17,20-25,27-29,31-37,40-42H2,1-2H3,(H,64,65)(H,66,67)(H2,54,55,63)/b13-12-,16-15-,19-18-,30-26-/t43-,44+,45+,46-,50-,51-,52-/m1/s1. The minimum atomic E-state index is -5.46. The largest absolute Gasteiger partial charge is 0.481 e. The lowest BCUT2D eigenvalue weighted by Crippen LogP contribution is -2.36. The summed E-state index contributed by atoms with van der Waals surface area (Å²) in [6.45, 7) is 1.93. The zero-order chi connectivity index (χ0) is 55.2. The van der Waals surface area contributed by atoms with Gasteiger partial charge in [0, 0.05) is 19.0 Å². The van der Waals surface area contributed by atoms with Gasteiger partial charge in [0.25, 0.3) is 0 Å². The van der Waals surface area contributed by atoms with Gasteiger partial charge < -0.3 is 50.2 Å². The van der Waals surface area contributed by atoms with Crippen LogP contribution in [0.15, 0.2) is 65.7 Å². The van der Waals surface area contributed by atoms with Crippen LogP contribution in [0.4, 0.5) is 5.82 Å². The van der Waals surface area contributed by atoms with E-state index in [1.807, 2.05) is 12.2 Å². The molecule has 22 heteroatoms. The van der Waals surface area contributed by atoms with Gasteiger partial charge in [-0.15, -0.1) is 0 Å². The van der Waals surface area contributed by atoms with Gasteiger partial charge >= 0.3 is 33.3 Å². The van der Waals surface area contributed by atoms with Crippen LogP contribution in [-0.2, 0) is 46.3 Å². The number of anilines is 1. The Bertz CT molecular complexity index is 1980. The van der Waals surface area contributed by atoms with Crippen LogP contribution in [0.25, 0.3) is 0 Å². The number of allylic oxidation sites excluding steroid dienone is 7. The highest BCUT2D eigenvalue weighted by molar-refractivity contribution is 7.61. The van der Waals surface area contributed by atoms with E-state index >= 15 is 0 Å². The first-order chi connectivity index (χ1) is 36.0. The number of ether oxygens (including phenoxy) is 3. The molecule has 1 aromatic rings. The number of aromatic nitrogens is 2. The number of carbonyl (C=O) groups excluding carboxylic acids is 2. The fourth-order valence-corrected chi connectivity index (χ4v) is 10.0. The smallest absolute Gasteiger partial charge is 0.462 e. The van der Waals surface area contributed by atoms with Crippen molar-refractivity contribution in [2.75, 3.05) is 25.6 Å². The molecule has 20 nitrogen and oxygen atoms in total. The third kappa shape index (κ3) is 32.9. The number of aliphatic hydroxyl groups excluding tert-OH is 4. The van der Waals surface area contributed by atoms with Crippen molar-refractivity contribution in [2.24, 2.45) is 0 Å². The highest BCUT2D eigenvalue weighted by atomic mass is 31.3. The van der Waals surface area contributed by atoms with Crippen molar-refractivity contribution in [2.45, 2.75) is 230 Å². The number of unbranched alkanes of at least 4 members (excludes halogenated alkanes) is 17. The molecule has 0 aromatic carbocycles. The SMILES string of the molecule is CCCCC/C=C\C[C@H](O)[C@@H](O)CCCCCCCC(=O)O[C@H](COC(=O)CCCCCCCC/C=C\C/C=C\C/C=C\CCCCCC)COP(=O)(O)OP(=O)(O)OC[C@H]1O[C@@H](n2ccc(N)nc2=O)[C@H](O)[C@@H]1O. The summed E-state index contributed by atoms with van der Waals surface area (Å²) < 4.78 is 56.8. The summed E-state index contributed by atoms with van der Waals surface area (Å²) in [6.07, 6.45) is 31.9. The molecule has 2 heterocycles. The number of nitrogens with two attached hydrogens (primary N) is 1. The molecule has 1 fully saturated rings. The van der Waals surface area contributed by atoms with Crippen LogP contribution in [0.1, 0.15) is 193 Å². The second-order valence-electron chi connectivity index (χ2n) is 19.0. The Labute approximate surface area is 445 Å². The molecular weight excluding hydrogens is 1010 g/mol. The summed E-state index contributed by atoms with van der Waals surface area (Å²) in [5.41, 5.74) is 4.57. The molecule has 430 valence electrons. The Kier molecular flexibility index (Phi) is 36.9. The molecule has 75 heavy (non-hydrogen) atoms. The van der Waals surface area contributed by atoms with Crippen molar-refractivity contribution in [1.82, 2.24) is 9.55 Å². The maximum absolute atomic E-state index is 12.9. The van der Waals surface area contributed by atoms with Crippen molar-refractivity contribution in [3.05, 3.63) is 71.4 Å². The number of rotatable bonds is 45. The van der Waals surface area contributed by atoms with Crippen LogP contribution in [-0.4, -0.2) is 108 Å². The van der Waals surface area contributed by atoms with E-state index in [1.165, 1.54) is 31.7 Å². The van der Waals surface area contributed by atoms with E-state index in [4.69, 9.17) is 29.0 Å². The zero-order valence-corrected chi connectivity index (χ0v) is 46.4. The number of hydrogen-bond donors (Lipinski definition) is 7. The number of carbonyl (C=O) groups is 2. The van der Waals surface area contributed by atoms with Gasteiger partial charge in [-0.3, -0.25) is 23.2 Å². The maximum Gasteiger partial charge on any atom is 0.481 e. The van der Waals surface area contributed by atoms with Crippen molar-refractivity contribution < 1.29 is 76.5 Å². The zero-order valence-electron chi connectivity index (χ0n) is 44.6. The molecule has 0 bridgehead atoms. The Hall–Kier alpha value is -3.36. The van der Waals surface area contributed by atoms with Gasteiger partial charge in [-0.1, -0.05) is 146 Å². The second-order valence-corrected chi connectivity index (χ2v) is 22.1. The highest BCUT2D eigenvalue weighted by Gasteiger charge is 2.46. The third-order valence-corrected chi connectivity index (χ3v) is 14.9. The van der Waals surface area contributed by atoms with Crippen LogP contribution >= 0.6 is 15.6 Å². The quantitative estimate of drug-likeness (QED) is 0.0138. The first kappa shape index (κ1) is 67.7. The average molecular weight is 1100 g/mol. The summed E-state index contributed by atoms with van der Waals surface area (Å²) in [5, 5.41) is 41.5. The first-order valence-electron chi connectivity index (χ1n) is 27.3. The number of aliphatic hydroxyl groups is 4. The fourth-order valence-electron chi connectivity index (χ4n) is 7.93. The molecule has 2 unspecified atom stereocenters. The topological polar surface area (TPSA) is 306 Å². The van der Waals surface area contributed by atoms with E-state index in [1.54, 1.807) is 0 Å². The predicted molar refractivity (Wildman–Crippen MR) is 287 cm³/mol. The van der Waals surface area contributed by atoms with E-state index in [9.17, 15) is 53.7 Å². The van der Waals surface area contributed by atoms with Crippen LogP contribution < -0.4 is 11.4 Å². The van der Waals surface area contributed by atoms with E-state index in [0.717, 1.165) is 107 Å². The molecular formula is C53H91N3O17P2. The van der Waals surface area contributed by atoms with Gasteiger partial charge in [-0.2, -0.15) is 9.29 Å². The molecule has 0 saturated carbocycles. The summed E-state index contributed by atoms with van der Waals surface area (Å²) in [4.78, 5) is 62.0. The lowest BCUT2D eigenvalue weighted by atomic mass is 10.0. The second kappa shape index (κ2) is 40.8. The van der Waals surface area contributed by atoms with Gasteiger partial charge in [0.1, 0.15) is 30.7 Å².